The average molecular weight is 256 g/mol. The fraction of sp³-hybridized carbons (Fsp3) is 0.769. The molecule has 5 heteroatoms. The van der Waals surface area contributed by atoms with Crippen molar-refractivity contribution in [3.63, 3.8) is 0 Å². The van der Waals surface area contributed by atoms with Crippen LogP contribution < -0.4 is 5.32 Å². The first-order chi connectivity index (χ1) is 8.61. The molecule has 1 aromatic rings. The lowest BCUT2D eigenvalue weighted by molar-refractivity contribution is -0.00792. The fourth-order valence-electron chi connectivity index (χ4n) is 1.50. The minimum atomic E-state index is 0.0580. The Morgan fingerprint density at radius 2 is 2.17 bits per heavy atom. The smallest absolute Gasteiger partial charge is 0.162 e. The van der Waals surface area contributed by atoms with Gasteiger partial charge in [0.2, 0.25) is 0 Å². The van der Waals surface area contributed by atoms with Crippen molar-refractivity contribution in [1.29, 1.82) is 0 Å². The molecule has 1 aromatic heterocycles. The Balaban J connectivity index is 2.25. The fourth-order valence-corrected chi connectivity index (χ4v) is 1.50. The van der Waals surface area contributed by atoms with Crippen LogP contribution in [0.1, 0.15) is 32.2 Å². The monoisotopic (exact) mass is 256 g/mol. The summed E-state index contributed by atoms with van der Waals surface area (Å²) in [6, 6.07) is 1.92. The second kappa shape index (κ2) is 8.24. The Bertz CT molecular complexity index is 326. The SMILES string of the molecule is COCC(C)OCc1cc(CNCC(C)C)no1. The van der Waals surface area contributed by atoms with Crippen LogP contribution in [0.5, 0.6) is 0 Å². The van der Waals surface area contributed by atoms with E-state index >= 15 is 0 Å². The highest BCUT2D eigenvalue weighted by Gasteiger charge is 2.07. The van der Waals surface area contributed by atoms with E-state index in [1.807, 2.05) is 13.0 Å². The molecule has 0 spiro atoms. The number of ether oxygens (including phenoxy) is 2. The number of nitrogens with one attached hydrogen (secondary N) is 1. The molecule has 0 radical (unpaired) electrons. The predicted molar refractivity (Wildman–Crippen MR) is 69.2 cm³/mol. The van der Waals surface area contributed by atoms with E-state index in [0.29, 0.717) is 19.1 Å². The van der Waals surface area contributed by atoms with Crippen LogP contribution in [0.25, 0.3) is 0 Å². The number of nitrogens with zero attached hydrogens (tertiary/aromatic N) is 1. The molecule has 0 aromatic carbocycles. The minimum Gasteiger partial charge on any atom is -0.382 e. The van der Waals surface area contributed by atoms with Crippen molar-refractivity contribution in [2.75, 3.05) is 20.3 Å². The maximum Gasteiger partial charge on any atom is 0.162 e. The summed E-state index contributed by atoms with van der Waals surface area (Å²) in [5, 5.41) is 7.30. The largest absolute Gasteiger partial charge is 0.382 e. The van der Waals surface area contributed by atoms with Crippen molar-refractivity contribution >= 4 is 0 Å². The highest BCUT2D eigenvalue weighted by Crippen LogP contribution is 2.07. The molecule has 1 atom stereocenters. The van der Waals surface area contributed by atoms with Crippen LogP contribution in [0.2, 0.25) is 0 Å². The van der Waals surface area contributed by atoms with Gasteiger partial charge in [-0.2, -0.15) is 0 Å². The minimum absolute atomic E-state index is 0.0580. The molecule has 1 unspecified atom stereocenters. The molecular weight excluding hydrogens is 232 g/mol. The Labute approximate surface area is 109 Å². The quantitative estimate of drug-likeness (QED) is 0.732. The van der Waals surface area contributed by atoms with Gasteiger partial charge in [0, 0.05) is 19.7 Å². The summed E-state index contributed by atoms with van der Waals surface area (Å²) in [6.45, 7) is 9.03. The van der Waals surface area contributed by atoms with Crippen molar-refractivity contribution < 1.29 is 14.0 Å². The van der Waals surface area contributed by atoms with Crippen molar-refractivity contribution in [3.05, 3.63) is 17.5 Å². The molecule has 1 heterocycles. The molecule has 0 aliphatic heterocycles. The van der Waals surface area contributed by atoms with Gasteiger partial charge in [-0.1, -0.05) is 19.0 Å². The van der Waals surface area contributed by atoms with E-state index in [4.69, 9.17) is 14.0 Å². The third kappa shape index (κ3) is 6.14. The van der Waals surface area contributed by atoms with E-state index in [2.05, 4.69) is 24.3 Å². The summed E-state index contributed by atoms with van der Waals surface area (Å²) >= 11 is 0. The number of hydrogen-bond donors (Lipinski definition) is 1. The van der Waals surface area contributed by atoms with Crippen LogP contribution in [0.3, 0.4) is 0 Å². The van der Waals surface area contributed by atoms with E-state index in [9.17, 15) is 0 Å². The van der Waals surface area contributed by atoms with E-state index in [-0.39, 0.29) is 6.10 Å². The zero-order valence-electron chi connectivity index (χ0n) is 11.7. The van der Waals surface area contributed by atoms with Crippen LogP contribution in [-0.4, -0.2) is 31.5 Å². The summed E-state index contributed by atoms with van der Waals surface area (Å²) in [6.07, 6.45) is 0.0580. The zero-order valence-corrected chi connectivity index (χ0v) is 11.7. The molecule has 104 valence electrons. The van der Waals surface area contributed by atoms with E-state index < -0.39 is 0 Å². The van der Waals surface area contributed by atoms with E-state index in [1.54, 1.807) is 7.11 Å². The van der Waals surface area contributed by atoms with Crippen molar-refractivity contribution in [2.45, 2.75) is 40.0 Å². The lowest BCUT2D eigenvalue weighted by atomic mass is 10.2. The number of aromatic nitrogens is 1. The van der Waals surface area contributed by atoms with Crippen LogP contribution >= 0.6 is 0 Å². The summed E-state index contributed by atoms with van der Waals surface area (Å²) in [5.41, 5.74) is 0.911. The standard InChI is InChI=1S/C13H24N2O3/c1-10(2)6-14-7-12-5-13(18-15-12)9-17-11(3)8-16-4/h5,10-11,14H,6-9H2,1-4H3. The van der Waals surface area contributed by atoms with Crippen LogP contribution in [-0.2, 0) is 22.6 Å². The van der Waals surface area contributed by atoms with Gasteiger partial charge < -0.3 is 19.3 Å². The molecule has 0 saturated carbocycles. The molecular formula is C13H24N2O3. The van der Waals surface area contributed by atoms with Crippen molar-refractivity contribution in [2.24, 2.45) is 5.92 Å². The van der Waals surface area contributed by atoms with Gasteiger partial charge in [0.15, 0.2) is 5.76 Å². The first-order valence-corrected chi connectivity index (χ1v) is 6.37. The number of hydrogen-bond acceptors (Lipinski definition) is 5. The number of rotatable bonds is 9. The molecule has 0 amide bonds. The third-order valence-corrected chi connectivity index (χ3v) is 2.38. The van der Waals surface area contributed by atoms with Gasteiger partial charge in [0.25, 0.3) is 0 Å². The highest BCUT2D eigenvalue weighted by molar-refractivity contribution is 5.04. The van der Waals surface area contributed by atoms with Gasteiger partial charge in [-0.15, -0.1) is 0 Å². The first kappa shape index (κ1) is 15.1. The molecule has 0 aliphatic rings. The number of methoxy groups -OCH3 is 1. The van der Waals surface area contributed by atoms with Gasteiger partial charge >= 0.3 is 0 Å². The maximum absolute atomic E-state index is 5.55. The summed E-state index contributed by atoms with van der Waals surface area (Å²) in [7, 11) is 1.66. The Morgan fingerprint density at radius 3 is 2.83 bits per heavy atom. The van der Waals surface area contributed by atoms with Crippen LogP contribution in [0, 0.1) is 5.92 Å². The second-order valence-corrected chi connectivity index (χ2v) is 4.89. The van der Waals surface area contributed by atoms with Gasteiger partial charge in [-0.05, 0) is 19.4 Å². The Morgan fingerprint density at radius 1 is 1.39 bits per heavy atom. The summed E-state index contributed by atoms with van der Waals surface area (Å²) in [4.78, 5) is 0. The zero-order chi connectivity index (χ0) is 13.4. The Hall–Kier alpha value is -0.910. The molecule has 0 saturated heterocycles. The van der Waals surface area contributed by atoms with Gasteiger partial charge in [-0.3, -0.25) is 0 Å². The Kier molecular flexibility index (Phi) is 6.93. The van der Waals surface area contributed by atoms with Crippen LogP contribution in [0.15, 0.2) is 10.6 Å². The third-order valence-electron chi connectivity index (χ3n) is 2.38. The topological polar surface area (TPSA) is 56.5 Å². The molecule has 0 bridgehead atoms. The van der Waals surface area contributed by atoms with Crippen molar-refractivity contribution in [1.82, 2.24) is 10.5 Å². The summed E-state index contributed by atoms with van der Waals surface area (Å²) in [5.74, 6) is 1.38. The van der Waals surface area contributed by atoms with Gasteiger partial charge in [-0.25, -0.2) is 0 Å². The lowest BCUT2D eigenvalue weighted by Crippen LogP contribution is -2.19. The summed E-state index contributed by atoms with van der Waals surface area (Å²) < 4.78 is 15.7. The highest BCUT2D eigenvalue weighted by atomic mass is 16.5. The molecule has 18 heavy (non-hydrogen) atoms. The molecule has 1 N–H and O–H groups in total. The second-order valence-electron chi connectivity index (χ2n) is 4.89. The first-order valence-electron chi connectivity index (χ1n) is 6.37. The van der Waals surface area contributed by atoms with E-state index in [1.165, 1.54) is 0 Å². The molecule has 0 aliphatic carbocycles. The van der Waals surface area contributed by atoms with Crippen molar-refractivity contribution in [3.8, 4) is 0 Å². The van der Waals surface area contributed by atoms with Gasteiger partial charge in [0.1, 0.15) is 6.61 Å². The molecule has 0 fully saturated rings. The predicted octanol–water partition coefficient (Wildman–Crippen LogP) is 1.97. The lowest BCUT2D eigenvalue weighted by Gasteiger charge is -2.09. The maximum atomic E-state index is 5.55. The normalized spacial score (nSPS) is 13.2. The average Bonchev–Trinajstić information content (AvgIpc) is 2.74. The van der Waals surface area contributed by atoms with Gasteiger partial charge in [0.05, 0.1) is 18.4 Å². The van der Waals surface area contributed by atoms with Crippen LogP contribution in [0.4, 0.5) is 0 Å². The molecule has 5 nitrogen and oxygen atoms in total. The van der Waals surface area contributed by atoms with E-state index in [0.717, 1.165) is 24.5 Å². The molecule has 1 rings (SSSR count).